The van der Waals surface area contributed by atoms with Crippen LogP contribution >= 0.6 is 0 Å². The van der Waals surface area contributed by atoms with Gasteiger partial charge in [-0.3, -0.25) is 14.9 Å². The van der Waals surface area contributed by atoms with Crippen molar-refractivity contribution in [1.29, 1.82) is 0 Å². The standard InChI is InChI=1S/C16H20N4O5S/c1-5-18(6-2)26(24,25)15-11(3)17-19(12(15)4)16(21)13-7-9-14(10-8-13)20(22)23/h7-10H,5-6H2,1-4H3. The number of aryl methyl sites for hydroxylation is 1. The highest BCUT2D eigenvalue weighted by molar-refractivity contribution is 7.89. The van der Waals surface area contributed by atoms with Crippen molar-refractivity contribution in [3.05, 3.63) is 51.3 Å². The SMILES string of the molecule is CCN(CC)S(=O)(=O)c1c(C)nn(C(=O)c2ccc([N+](=O)[O-])cc2)c1C. The van der Waals surface area contributed by atoms with Gasteiger partial charge in [-0.1, -0.05) is 13.8 Å². The van der Waals surface area contributed by atoms with E-state index in [4.69, 9.17) is 0 Å². The van der Waals surface area contributed by atoms with Gasteiger partial charge < -0.3 is 0 Å². The maximum Gasteiger partial charge on any atom is 0.278 e. The molecule has 10 heteroatoms. The molecule has 0 bridgehead atoms. The molecule has 1 heterocycles. The number of nitro groups is 1. The van der Waals surface area contributed by atoms with Gasteiger partial charge in [0, 0.05) is 30.8 Å². The molecule has 9 nitrogen and oxygen atoms in total. The number of hydrogen-bond donors (Lipinski definition) is 0. The number of carbonyl (C=O) groups excluding carboxylic acids is 1. The van der Waals surface area contributed by atoms with E-state index in [0.29, 0.717) is 13.1 Å². The first-order chi connectivity index (χ1) is 12.1. The fourth-order valence-electron chi connectivity index (χ4n) is 2.74. The van der Waals surface area contributed by atoms with Gasteiger partial charge in [0.1, 0.15) is 4.90 Å². The molecule has 1 aromatic carbocycles. The summed E-state index contributed by atoms with van der Waals surface area (Å²) in [5.74, 6) is -0.554. The summed E-state index contributed by atoms with van der Waals surface area (Å²) in [5, 5.41) is 14.8. The second kappa shape index (κ2) is 7.34. The van der Waals surface area contributed by atoms with Crippen molar-refractivity contribution >= 4 is 21.6 Å². The highest BCUT2D eigenvalue weighted by Crippen LogP contribution is 2.24. The molecule has 0 saturated carbocycles. The highest BCUT2D eigenvalue weighted by atomic mass is 32.2. The monoisotopic (exact) mass is 380 g/mol. The Labute approximate surface area is 151 Å². The lowest BCUT2D eigenvalue weighted by Crippen LogP contribution is -2.31. The summed E-state index contributed by atoms with van der Waals surface area (Å²) < 4.78 is 27.9. The Hall–Kier alpha value is -2.59. The van der Waals surface area contributed by atoms with Crippen LogP contribution in [0, 0.1) is 24.0 Å². The number of sulfonamides is 1. The van der Waals surface area contributed by atoms with Crippen LogP contribution in [0.4, 0.5) is 5.69 Å². The molecule has 140 valence electrons. The molecule has 0 aliphatic rings. The maximum atomic E-state index is 12.8. The zero-order valence-electron chi connectivity index (χ0n) is 15.0. The van der Waals surface area contributed by atoms with Crippen molar-refractivity contribution in [2.75, 3.05) is 13.1 Å². The summed E-state index contributed by atoms with van der Waals surface area (Å²) in [4.78, 5) is 22.8. The number of nitrogens with zero attached hydrogens (tertiary/aromatic N) is 4. The summed E-state index contributed by atoms with van der Waals surface area (Å²) in [7, 11) is -3.77. The molecule has 0 radical (unpaired) electrons. The van der Waals surface area contributed by atoms with Gasteiger partial charge >= 0.3 is 0 Å². The smallest absolute Gasteiger partial charge is 0.267 e. The molecule has 0 saturated heterocycles. The van der Waals surface area contributed by atoms with Crippen molar-refractivity contribution in [2.45, 2.75) is 32.6 Å². The van der Waals surface area contributed by atoms with E-state index < -0.39 is 20.9 Å². The van der Waals surface area contributed by atoms with E-state index >= 15 is 0 Å². The van der Waals surface area contributed by atoms with E-state index in [1.54, 1.807) is 13.8 Å². The van der Waals surface area contributed by atoms with E-state index in [-0.39, 0.29) is 27.5 Å². The third-order valence-corrected chi connectivity index (χ3v) is 6.35. The summed E-state index contributed by atoms with van der Waals surface area (Å²) in [6.45, 7) is 7.12. The van der Waals surface area contributed by atoms with Crippen molar-refractivity contribution in [1.82, 2.24) is 14.1 Å². The molecular weight excluding hydrogens is 360 g/mol. The maximum absolute atomic E-state index is 12.8. The Kier molecular flexibility index (Phi) is 5.57. The molecule has 0 spiro atoms. The zero-order chi connectivity index (χ0) is 19.6. The minimum Gasteiger partial charge on any atom is -0.267 e. The second-order valence-corrected chi connectivity index (χ2v) is 7.48. The number of non-ortho nitro benzene ring substituents is 1. The molecule has 2 aromatic rings. The van der Waals surface area contributed by atoms with Crippen LogP contribution in [0.1, 0.15) is 35.6 Å². The average Bonchev–Trinajstić information content (AvgIpc) is 2.90. The molecule has 0 aliphatic heterocycles. The minimum atomic E-state index is -3.77. The van der Waals surface area contributed by atoms with Crippen LogP contribution in [0.15, 0.2) is 29.2 Å². The summed E-state index contributed by atoms with van der Waals surface area (Å²) in [5.41, 5.74) is 0.468. The van der Waals surface area contributed by atoms with Crippen LogP contribution in [0.25, 0.3) is 0 Å². The van der Waals surface area contributed by atoms with Crippen molar-refractivity contribution < 1.29 is 18.1 Å². The molecule has 0 aliphatic carbocycles. The van der Waals surface area contributed by atoms with Crippen LogP contribution in [-0.2, 0) is 10.0 Å². The van der Waals surface area contributed by atoms with Crippen molar-refractivity contribution in [2.24, 2.45) is 0 Å². The molecule has 0 unspecified atom stereocenters. The Morgan fingerprint density at radius 1 is 1.19 bits per heavy atom. The summed E-state index contributed by atoms with van der Waals surface area (Å²) >= 11 is 0. The molecule has 2 rings (SSSR count). The molecule has 1 aromatic heterocycles. The van der Waals surface area contributed by atoms with Crippen LogP contribution in [-0.4, -0.2) is 46.4 Å². The molecular formula is C16H20N4O5S. The third kappa shape index (κ3) is 3.37. The fourth-order valence-corrected chi connectivity index (χ4v) is 4.55. The average molecular weight is 380 g/mol. The number of nitro benzene ring substituents is 1. The van der Waals surface area contributed by atoms with Crippen molar-refractivity contribution in [3.8, 4) is 0 Å². The predicted molar refractivity (Wildman–Crippen MR) is 94.6 cm³/mol. The van der Waals surface area contributed by atoms with Crippen LogP contribution in [0.5, 0.6) is 0 Å². The fraction of sp³-hybridized carbons (Fsp3) is 0.375. The van der Waals surface area contributed by atoms with E-state index in [0.717, 1.165) is 4.68 Å². The van der Waals surface area contributed by atoms with Gasteiger partial charge in [-0.25, -0.2) is 8.42 Å². The van der Waals surface area contributed by atoms with Crippen LogP contribution < -0.4 is 0 Å². The van der Waals surface area contributed by atoms with Crippen LogP contribution in [0.3, 0.4) is 0 Å². The van der Waals surface area contributed by atoms with Gasteiger partial charge in [-0.2, -0.15) is 14.1 Å². The van der Waals surface area contributed by atoms with Gasteiger partial charge in [-0.15, -0.1) is 0 Å². The highest BCUT2D eigenvalue weighted by Gasteiger charge is 2.30. The van der Waals surface area contributed by atoms with E-state index in [1.165, 1.54) is 42.4 Å². The quantitative estimate of drug-likeness (QED) is 0.560. The lowest BCUT2D eigenvalue weighted by Gasteiger charge is -2.18. The zero-order valence-corrected chi connectivity index (χ0v) is 15.8. The number of carbonyl (C=O) groups is 1. The molecule has 0 amide bonds. The topological polar surface area (TPSA) is 115 Å². The first-order valence-corrected chi connectivity index (χ1v) is 9.44. The van der Waals surface area contributed by atoms with E-state index in [1.807, 2.05) is 0 Å². The van der Waals surface area contributed by atoms with E-state index in [2.05, 4.69) is 5.10 Å². The number of hydrogen-bond acceptors (Lipinski definition) is 6. The molecule has 26 heavy (non-hydrogen) atoms. The first kappa shape index (κ1) is 19.7. The van der Waals surface area contributed by atoms with Gasteiger partial charge in [0.15, 0.2) is 0 Å². The summed E-state index contributed by atoms with van der Waals surface area (Å²) in [6, 6.07) is 5.06. The van der Waals surface area contributed by atoms with Gasteiger partial charge in [0.05, 0.1) is 16.3 Å². The van der Waals surface area contributed by atoms with Gasteiger partial charge in [0.25, 0.3) is 11.6 Å². The normalized spacial score (nSPS) is 11.7. The summed E-state index contributed by atoms with van der Waals surface area (Å²) in [6.07, 6.45) is 0. The number of rotatable bonds is 6. The van der Waals surface area contributed by atoms with Gasteiger partial charge in [0.2, 0.25) is 10.0 Å². The third-order valence-electron chi connectivity index (χ3n) is 4.05. The molecule has 0 atom stereocenters. The van der Waals surface area contributed by atoms with Crippen molar-refractivity contribution in [3.63, 3.8) is 0 Å². The second-order valence-electron chi connectivity index (χ2n) is 5.61. The Morgan fingerprint density at radius 3 is 2.19 bits per heavy atom. The lowest BCUT2D eigenvalue weighted by molar-refractivity contribution is -0.384. The number of aromatic nitrogens is 2. The Balaban J connectivity index is 2.50. The molecule has 0 fully saturated rings. The Bertz CT molecular complexity index is 944. The first-order valence-electron chi connectivity index (χ1n) is 8.00. The lowest BCUT2D eigenvalue weighted by atomic mass is 10.2. The predicted octanol–water partition coefficient (Wildman–Crippen LogP) is 2.13. The van der Waals surface area contributed by atoms with Crippen LogP contribution in [0.2, 0.25) is 0 Å². The minimum absolute atomic E-state index is 0.0106. The Morgan fingerprint density at radius 2 is 1.73 bits per heavy atom. The molecule has 0 N–H and O–H groups in total. The number of benzene rings is 1. The van der Waals surface area contributed by atoms with Gasteiger partial charge in [-0.05, 0) is 26.0 Å². The van der Waals surface area contributed by atoms with E-state index in [9.17, 15) is 23.3 Å². The largest absolute Gasteiger partial charge is 0.278 e.